The van der Waals surface area contributed by atoms with Crippen LogP contribution < -0.4 is 9.62 Å². The number of nitrogens with zero attached hydrogens (tertiary/aromatic N) is 2. The van der Waals surface area contributed by atoms with E-state index in [2.05, 4.69) is 4.72 Å². The standard InChI is InChI=1S/C20H17N3O6S/c1-13-4-6-16(23(25)26)12-19(13)30(27,28)21-15-5-7-17-14(11-15)8-9-22(17)20(24)18-3-2-10-29-18/h2-7,10-12,21H,8-9H2,1H3. The fourth-order valence-electron chi connectivity index (χ4n) is 3.41. The third-order valence-electron chi connectivity index (χ3n) is 4.88. The maximum Gasteiger partial charge on any atom is 0.293 e. The lowest BCUT2D eigenvalue weighted by molar-refractivity contribution is -0.385. The van der Waals surface area contributed by atoms with E-state index in [1.54, 1.807) is 42.2 Å². The Morgan fingerprint density at radius 2 is 2.00 bits per heavy atom. The molecular weight excluding hydrogens is 410 g/mol. The quantitative estimate of drug-likeness (QED) is 0.491. The molecule has 0 saturated heterocycles. The van der Waals surface area contributed by atoms with Gasteiger partial charge in [0, 0.05) is 30.1 Å². The van der Waals surface area contributed by atoms with E-state index in [0.717, 1.165) is 11.6 Å². The number of hydrogen-bond donors (Lipinski definition) is 1. The van der Waals surface area contributed by atoms with Gasteiger partial charge in [-0.25, -0.2) is 8.42 Å². The lowest BCUT2D eigenvalue weighted by Gasteiger charge is -2.16. The number of carbonyl (C=O) groups is 1. The van der Waals surface area contributed by atoms with Crippen LogP contribution in [0, 0.1) is 17.0 Å². The first-order chi connectivity index (χ1) is 14.3. The molecule has 0 saturated carbocycles. The molecule has 3 aromatic rings. The van der Waals surface area contributed by atoms with Gasteiger partial charge in [-0.15, -0.1) is 0 Å². The predicted molar refractivity (Wildman–Crippen MR) is 109 cm³/mol. The van der Waals surface area contributed by atoms with Gasteiger partial charge in [0.05, 0.1) is 16.1 Å². The minimum Gasteiger partial charge on any atom is -0.459 e. The minimum absolute atomic E-state index is 0.160. The van der Waals surface area contributed by atoms with E-state index in [-0.39, 0.29) is 22.3 Å². The Hall–Kier alpha value is -3.66. The van der Waals surface area contributed by atoms with Gasteiger partial charge in [-0.05, 0) is 54.8 Å². The molecule has 0 fully saturated rings. The first-order valence-electron chi connectivity index (χ1n) is 9.02. The fraction of sp³-hybridized carbons (Fsp3) is 0.150. The lowest BCUT2D eigenvalue weighted by atomic mass is 10.1. The molecule has 1 aliphatic rings. The minimum atomic E-state index is -4.03. The molecular formula is C20H17N3O6S. The van der Waals surface area contributed by atoms with Crippen molar-refractivity contribution in [2.24, 2.45) is 0 Å². The number of benzene rings is 2. The molecule has 0 atom stereocenters. The maximum atomic E-state index is 12.8. The van der Waals surface area contributed by atoms with Crippen molar-refractivity contribution in [2.75, 3.05) is 16.2 Å². The van der Waals surface area contributed by atoms with Gasteiger partial charge in [0.15, 0.2) is 5.76 Å². The van der Waals surface area contributed by atoms with Crippen LogP contribution in [-0.2, 0) is 16.4 Å². The first-order valence-corrected chi connectivity index (χ1v) is 10.5. The summed E-state index contributed by atoms with van der Waals surface area (Å²) in [4.78, 5) is 24.3. The molecule has 0 radical (unpaired) electrons. The average Bonchev–Trinajstić information content (AvgIpc) is 3.37. The summed E-state index contributed by atoms with van der Waals surface area (Å²) in [6.45, 7) is 2.02. The Kier molecular flexibility index (Phi) is 4.78. The number of hydrogen-bond acceptors (Lipinski definition) is 6. The van der Waals surface area contributed by atoms with Crippen LogP contribution in [0.5, 0.6) is 0 Å². The molecule has 30 heavy (non-hydrogen) atoms. The van der Waals surface area contributed by atoms with E-state index in [1.165, 1.54) is 18.4 Å². The van der Waals surface area contributed by atoms with Gasteiger partial charge in [-0.1, -0.05) is 6.07 Å². The van der Waals surface area contributed by atoms with Crippen molar-refractivity contribution < 1.29 is 22.6 Å². The Labute approximate surface area is 172 Å². The summed E-state index contributed by atoms with van der Waals surface area (Å²) in [5.41, 5.74) is 1.90. The molecule has 0 unspecified atom stereocenters. The van der Waals surface area contributed by atoms with Crippen LogP contribution in [-0.4, -0.2) is 25.8 Å². The number of nitro groups is 1. The van der Waals surface area contributed by atoms with E-state index >= 15 is 0 Å². The molecule has 2 aromatic carbocycles. The Morgan fingerprint density at radius 3 is 2.70 bits per heavy atom. The number of non-ortho nitro benzene ring substituents is 1. The molecule has 0 bridgehead atoms. The normalized spacial score (nSPS) is 13.2. The summed E-state index contributed by atoms with van der Waals surface area (Å²) in [6, 6.07) is 11.8. The second kappa shape index (κ2) is 7.30. The van der Waals surface area contributed by atoms with E-state index in [1.807, 2.05) is 0 Å². The number of furan rings is 1. The fourth-order valence-corrected chi connectivity index (χ4v) is 4.73. The molecule has 154 valence electrons. The highest BCUT2D eigenvalue weighted by Gasteiger charge is 2.28. The van der Waals surface area contributed by atoms with Gasteiger partial charge >= 0.3 is 0 Å². The molecule has 1 amide bonds. The molecule has 1 N–H and O–H groups in total. The number of sulfonamides is 1. The van der Waals surface area contributed by atoms with Crippen molar-refractivity contribution in [1.29, 1.82) is 0 Å². The lowest BCUT2D eigenvalue weighted by Crippen LogP contribution is -2.28. The van der Waals surface area contributed by atoms with E-state index in [4.69, 9.17) is 4.42 Å². The van der Waals surface area contributed by atoms with Crippen LogP contribution in [0.25, 0.3) is 0 Å². The molecule has 0 spiro atoms. The highest BCUT2D eigenvalue weighted by molar-refractivity contribution is 7.92. The van der Waals surface area contributed by atoms with Crippen LogP contribution in [0.4, 0.5) is 17.1 Å². The molecule has 0 aliphatic carbocycles. The number of rotatable bonds is 5. The zero-order valence-electron chi connectivity index (χ0n) is 15.9. The summed E-state index contributed by atoms with van der Waals surface area (Å²) in [6.07, 6.45) is 1.99. The van der Waals surface area contributed by atoms with E-state index in [0.29, 0.717) is 29.9 Å². The van der Waals surface area contributed by atoms with Crippen LogP contribution >= 0.6 is 0 Å². The van der Waals surface area contributed by atoms with E-state index < -0.39 is 14.9 Å². The molecule has 10 heteroatoms. The number of carbonyl (C=O) groups excluding carboxylic acids is 1. The summed E-state index contributed by atoms with van der Waals surface area (Å²) in [5.74, 6) is -0.0342. The van der Waals surface area contributed by atoms with Crippen LogP contribution in [0.2, 0.25) is 0 Å². The molecule has 1 aliphatic heterocycles. The second-order valence-electron chi connectivity index (χ2n) is 6.84. The number of aryl methyl sites for hydroxylation is 1. The SMILES string of the molecule is Cc1ccc([N+](=O)[O-])cc1S(=O)(=O)Nc1ccc2c(c1)CCN2C(=O)c1ccco1. The maximum absolute atomic E-state index is 12.8. The van der Waals surface area contributed by atoms with Crippen LogP contribution in [0.15, 0.2) is 64.1 Å². The zero-order chi connectivity index (χ0) is 21.5. The number of nitrogens with one attached hydrogen (secondary N) is 1. The summed E-state index contributed by atoms with van der Waals surface area (Å²) in [7, 11) is -4.03. The molecule has 1 aromatic heterocycles. The van der Waals surface area contributed by atoms with Crippen molar-refractivity contribution in [3.63, 3.8) is 0 Å². The van der Waals surface area contributed by atoms with Crippen molar-refractivity contribution in [3.8, 4) is 0 Å². The third kappa shape index (κ3) is 3.52. The van der Waals surface area contributed by atoms with Crippen molar-refractivity contribution >= 4 is 33.0 Å². The monoisotopic (exact) mass is 427 g/mol. The summed E-state index contributed by atoms with van der Waals surface area (Å²) >= 11 is 0. The van der Waals surface area contributed by atoms with Crippen LogP contribution in [0.3, 0.4) is 0 Å². The molecule has 4 rings (SSSR count). The number of fused-ring (bicyclic) bond motifs is 1. The number of nitro benzene ring substituents is 1. The first kappa shape index (κ1) is 19.6. The second-order valence-corrected chi connectivity index (χ2v) is 8.49. The van der Waals surface area contributed by atoms with Crippen molar-refractivity contribution in [1.82, 2.24) is 0 Å². The van der Waals surface area contributed by atoms with Gasteiger partial charge in [0.1, 0.15) is 0 Å². The van der Waals surface area contributed by atoms with Gasteiger partial charge < -0.3 is 9.32 Å². The van der Waals surface area contributed by atoms with Gasteiger partial charge in [0.2, 0.25) is 0 Å². The summed E-state index contributed by atoms with van der Waals surface area (Å²) < 4.78 is 33.3. The van der Waals surface area contributed by atoms with Gasteiger partial charge in [0.25, 0.3) is 21.6 Å². The van der Waals surface area contributed by atoms with Crippen LogP contribution in [0.1, 0.15) is 21.7 Å². The Bertz CT molecular complexity index is 1250. The van der Waals surface area contributed by atoms with E-state index in [9.17, 15) is 23.3 Å². The largest absolute Gasteiger partial charge is 0.459 e. The van der Waals surface area contributed by atoms with Gasteiger partial charge in [-0.2, -0.15) is 0 Å². The third-order valence-corrected chi connectivity index (χ3v) is 6.40. The van der Waals surface area contributed by atoms with Crippen molar-refractivity contribution in [3.05, 3.63) is 81.8 Å². The summed E-state index contributed by atoms with van der Waals surface area (Å²) in [5, 5.41) is 11.0. The Morgan fingerprint density at radius 1 is 1.20 bits per heavy atom. The topological polar surface area (TPSA) is 123 Å². The van der Waals surface area contributed by atoms with Crippen molar-refractivity contribution in [2.45, 2.75) is 18.2 Å². The number of anilines is 2. The Balaban J connectivity index is 1.61. The number of amides is 1. The highest BCUT2D eigenvalue weighted by atomic mass is 32.2. The smallest absolute Gasteiger partial charge is 0.293 e. The van der Waals surface area contributed by atoms with Gasteiger partial charge in [-0.3, -0.25) is 19.6 Å². The molecule has 9 nitrogen and oxygen atoms in total. The molecule has 2 heterocycles. The predicted octanol–water partition coefficient (Wildman–Crippen LogP) is 3.50. The average molecular weight is 427 g/mol. The highest BCUT2D eigenvalue weighted by Crippen LogP contribution is 2.33. The zero-order valence-corrected chi connectivity index (χ0v) is 16.7.